The molecule has 3 aliphatic rings. The number of halogens is 1. The largest absolute Gasteiger partial charge is 0.489 e. The third-order valence-electron chi connectivity index (χ3n) is 9.87. The molecule has 0 aromatic heterocycles. The summed E-state index contributed by atoms with van der Waals surface area (Å²) in [6.07, 6.45) is 7.02. The average Bonchev–Trinajstić information content (AvgIpc) is 3.43. The zero-order chi connectivity index (χ0) is 26.7. The van der Waals surface area contributed by atoms with Crippen molar-refractivity contribution in [1.29, 1.82) is 0 Å². The fourth-order valence-corrected chi connectivity index (χ4v) is 7.59. The number of aliphatic carboxylic acids is 1. The van der Waals surface area contributed by atoms with E-state index in [4.69, 9.17) is 4.74 Å². The zero-order valence-electron chi connectivity index (χ0n) is 22.6. The number of carbonyl (C=O) groups is 1. The Balaban J connectivity index is 1.30. The lowest BCUT2D eigenvalue weighted by Gasteiger charge is -2.45. The van der Waals surface area contributed by atoms with Crippen molar-refractivity contribution in [2.24, 2.45) is 11.3 Å². The van der Waals surface area contributed by atoms with E-state index in [1.54, 1.807) is 6.07 Å². The summed E-state index contributed by atoms with van der Waals surface area (Å²) < 4.78 is 21.3. The summed E-state index contributed by atoms with van der Waals surface area (Å²) in [6, 6.07) is 17.9. The minimum Gasteiger partial charge on any atom is -0.489 e. The van der Waals surface area contributed by atoms with Crippen molar-refractivity contribution < 1.29 is 19.0 Å². The molecule has 3 aromatic carbocycles. The Bertz CT molecular complexity index is 1410. The Morgan fingerprint density at radius 1 is 1.00 bits per heavy atom. The van der Waals surface area contributed by atoms with Crippen LogP contribution < -0.4 is 4.74 Å². The van der Waals surface area contributed by atoms with E-state index in [1.807, 2.05) is 25.1 Å². The molecule has 0 radical (unpaired) electrons. The molecular weight excluding hydrogens is 475 g/mol. The first-order valence-electron chi connectivity index (χ1n) is 14.1. The minimum atomic E-state index is -0.678. The maximum atomic E-state index is 15.0. The summed E-state index contributed by atoms with van der Waals surface area (Å²) in [5.41, 5.74) is 7.37. The molecular formula is C34H37FO3. The molecule has 6 rings (SSSR count). The van der Waals surface area contributed by atoms with Gasteiger partial charge in [-0.3, -0.25) is 4.79 Å². The molecule has 1 N–H and O–H groups in total. The normalized spacial score (nSPS) is 25.3. The first-order chi connectivity index (χ1) is 18.2. The molecule has 3 aromatic rings. The molecule has 198 valence electrons. The molecule has 1 spiro atoms. The van der Waals surface area contributed by atoms with E-state index in [-0.39, 0.29) is 22.6 Å². The summed E-state index contributed by atoms with van der Waals surface area (Å²) in [7, 11) is 0. The van der Waals surface area contributed by atoms with Crippen molar-refractivity contribution >= 4 is 5.97 Å². The molecule has 38 heavy (non-hydrogen) atoms. The molecule has 3 aliphatic carbocycles. The Morgan fingerprint density at radius 3 is 2.55 bits per heavy atom. The number of aryl methyl sites for hydroxylation is 2. The third-order valence-corrected chi connectivity index (χ3v) is 9.87. The van der Waals surface area contributed by atoms with Crippen molar-refractivity contribution in [3.05, 3.63) is 88.2 Å². The number of hydrogen-bond acceptors (Lipinski definition) is 2. The van der Waals surface area contributed by atoms with Crippen LogP contribution in [0.1, 0.15) is 86.1 Å². The van der Waals surface area contributed by atoms with Crippen LogP contribution in [-0.2, 0) is 23.2 Å². The highest BCUT2D eigenvalue weighted by Crippen LogP contribution is 2.57. The highest BCUT2D eigenvalue weighted by molar-refractivity contribution is 5.75. The van der Waals surface area contributed by atoms with Gasteiger partial charge in [0.2, 0.25) is 0 Å². The Morgan fingerprint density at radius 2 is 1.84 bits per heavy atom. The summed E-state index contributed by atoms with van der Waals surface area (Å²) in [6.45, 7) is 7.09. The molecule has 0 bridgehead atoms. The first-order valence-corrected chi connectivity index (χ1v) is 14.1. The van der Waals surface area contributed by atoms with Crippen LogP contribution in [0.2, 0.25) is 0 Å². The quantitative estimate of drug-likeness (QED) is 0.361. The van der Waals surface area contributed by atoms with E-state index in [0.29, 0.717) is 18.1 Å². The van der Waals surface area contributed by atoms with Gasteiger partial charge in [0.1, 0.15) is 18.2 Å². The van der Waals surface area contributed by atoms with Crippen LogP contribution >= 0.6 is 0 Å². The highest BCUT2D eigenvalue weighted by Gasteiger charge is 2.54. The summed E-state index contributed by atoms with van der Waals surface area (Å²) in [5, 5.41) is 9.74. The molecule has 0 saturated heterocycles. The van der Waals surface area contributed by atoms with Gasteiger partial charge in [0, 0.05) is 11.0 Å². The van der Waals surface area contributed by atoms with Gasteiger partial charge < -0.3 is 9.84 Å². The van der Waals surface area contributed by atoms with Gasteiger partial charge in [-0.05, 0) is 109 Å². The van der Waals surface area contributed by atoms with Crippen LogP contribution in [0.5, 0.6) is 5.75 Å². The van der Waals surface area contributed by atoms with Crippen LogP contribution in [0.4, 0.5) is 4.39 Å². The van der Waals surface area contributed by atoms with Gasteiger partial charge in [-0.15, -0.1) is 0 Å². The molecule has 2 fully saturated rings. The van der Waals surface area contributed by atoms with Crippen molar-refractivity contribution in [3.63, 3.8) is 0 Å². The lowest BCUT2D eigenvalue weighted by atomic mass is 9.57. The molecule has 0 aliphatic heterocycles. The van der Waals surface area contributed by atoms with Gasteiger partial charge in [0.25, 0.3) is 0 Å². The van der Waals surface area contributed by atoms with E-state index < -0.39 is 5.97 Å². The van der Waals surface area contributed by atoms with Crippen molar-refractivity contribution in [2.75, 3.05) is 0 Å². The van der Waals surface area contributed by atoms with E-state index in [0.717, 1.165) is 54.5 Å². The third kappa shape index (κ3) is 4.13. The fourth-order valence-electron chi connectivity index (χ4n) is 7.59. The Labute approximate surface area is 225 Å². The van der Waals surface area contributed by atoms with Crippen LogP contribution in [-0.4, -0.2) is 11.1 Å². The predicted molar refractivity (Wildman–Crippen MR) is 148 cm³/mol. The van der Waals surface area contributed by atoms with Crippen molar-refractivity contribution in [2.45, 2.75) is 83.7 Å². The van der Waals surface area contributed by atoms with Crippen LogP contribution in [0.15, 0.2) is 54.6 Å². The molecule has 4 heteroatoms. The highest BCUT2D eigenvalue weighted by atomic mass is 19.1. The summed E-state index contributed by atoms with van der Waals surface area (Å²) in [5.74, 6) is 0.00888. The van der Waals surface area contributed by atoms with E-state index >= 15 is 4.39 Å². The molecule has 3 atom stereocenters. The Hall–Kier alpha value is -3.14. The van der Waals surface area contributed by atoms with Gasteiger partial charge >= 0.3 is 5.97 Å². The smallest absolute Gasteiger partial charge is 0.307 e. The number of hydrogen-bond donors (Lipinski definition) is 1. The van der Waals surface area contributed by atoms with Crippen LogP contribution in [0.25, 0.3) is 11.1 Å². The zero-order valence-corrected chi connectivity index (χ0v) is 22.6. The topological polar surface area (TPSA) is 46.5 Å². The SMILES string of the molecule is Cc1ccc(F)c(-c2ccc(COc3ccc4c(c3)[C@@]3(CC4)CC[C@H]3C(=O)O)cc2[C@@H]2CCCC2(C)C)c1. The van der Waals surface area contributed by atoms with Gasteiger partial charge in [0.05, 0.1) is 5.92 Å². The lowest BCUT2D eigenvalue weighted by molar-refractivity contribution is -0.149. The second-order valence-electron chi connectivity index (χ2n) is 12.5. The van der Waals surface area contributed by atoms with Gasteiger partial charge in [0.15, 0.2) is 0 Å². The fraction of sp³-hybridized carbons (Fsp3) is 0.441. The molecule has 0 amide bonds. The number of carboxylic acid groups (broad SMARTS) is 1. The maximum absolute atomic E-state index is 15.0. The second kappa shape index (κ2) is 9.25. The molecule has 2 saturated carbocycles. The number of carboxylic acids is 1. The van der Waals surface area contributed by atoms with Crippen molar-refractivity contribution in [1.82, 2.24) is 0 Å². The van der Waals surface area contributed by atoms with Gasteiger partial charge in [-0.25, -0.2) is 4.39 Å². The van der Waals surface area contributed by atoms with Crippen LogP contribution in [0.3, 0.4) is 0 Å². The number of ether oxygens (including phenoxy) is 1. The van der Waals surface area contributed by atoms with E-state index in [2.05, 4.69) is 44.2 Å². The van der Waals surface area contributed by atoms with E-state index in [9.17, 15) is 9.90 Å². The molecule has 0 unspecified atom stereocenters. The minimum absolute atomic E-state index is 0.159. The number of rotatable bonds is 6. The summed E-state index contributed by atoms with van der Waals surface area (Å²) in [4.78, 5) is 11.8. The van der Waals surface area contributed by atoms with Crippen molar-refractivity contribution in [3.8, 4) is 16.9 Å². The number of fused-ring (bicyclic) bond motifs is 2. The van der Waals surface area contributed by atoms with Crippen LogP contribution in [0, 0.1) is 24.1 Å². The molecule has 3 nitrogen and oxygen atoms in total. The first kappa shape index (κ1) is 25.2. The molecule has 0 heterocycles. The number of benzene rings is 3. The average molecular weight is 513 g/mol. The van der Waals surface area contributed by atoms with Gasteiger partial charge in [-0.2, -0.15) is 0 Å². The van der Waals surface area contributed by atoms with E-state index in [1.165, 1.54) is 29.5 Å². The van der Waals surface area contributed by atoms with Gasteiger partial charge in [-0.1, -0.05) is 56.2 Å². The summed E-state index contributed by atoms with van der Waals surface area (Å²) >= 11 is 0. The Kier molecular flexibility index (Phi) is 6.13. The monoisotopic (exact) mass is 512 g/mol. The predicted octanol–water partition coefficient (Wildman–Crippen LogP) is 8.35. The standard InChI is InChI=1S/C34H37FO3/c1-21-6-11-31(35)27(17-21)25-10-7-22(18-26(25)28-5-4-14-33(28,2)3)20-38-24-9-8-23-12-15-34(30(23)19-24)16-13-29(34)32(36)37/h6-11,17-19,28-29H,4-5,12-16,20H2,1-3H3,(H,36,37)/t28-,29-,34-/m0/s1. The second-order valence-corrected chi connectivity index (χ2v) is 12.5. The lowest BCUT2D eigenvalue weighted by Crippen LogP contribution is -2.46. The maximum Gasteiger partial charge on any atom is 0.307 e.